The van der Waals surface area contributed by atoms with Crippen molar-refractivity contribution < 1.29 is 23.0 Å². The fourth-order valence-electron chi connectivity index (χ4n) is 3.14. The maximum absolute atomic E-state index is 12.7. The quantitative estimate of drug-likeness (QED) is 0.502. The van der Waals surface area contributed by atoms with Gasteiger partial charge in [-0.2, -0.15) is 8.78 Å². The Morgan fingerprint density at radius 2 is 1.93 bits per heavy atom. The van der Waals surface area contributed by atoms with E-state index < -0.39 is 29.7 Å². The highest BCUT2D eigenvalue weighted by atomic mass is 19.3. The number of H-pyrrole nitrogens is 2. The summed E-state index contributed by atoms with van der Waals surface area (Å²) < 4.78 is 34.3. The molecule has 3 rings (SSSR count). The minimum absolute atomic E-state index is 0.0433. The van der Waals surface area contributed by atoms with E-state index in [1.165, 1.54) is 30.3 Å². The molecule has 1 aliphatic rings. The monoisotopic (exact) mass is 405 g/mol. The third kappa shape index (κ3) is 4.10. The summed E-state index contributed by atoms with van der Waals surface area (Å²) >= 11 is 0. The molecule has 0 spiro atoms. The van der Waals surface area contributed by atoms with Gasteiger partial charge in [0.05, 0.1) is 17.1 Å². The number of anilines is 1. The average molecular weight is 405 g/mol. The summed E-state index contributed by atoms with van der Waals surface area (Å²) in [6, 6.07) is 5.50. The number of allylic oxidation sites excluding steroid dienone is 1. The summed E-state index contributed by atoms with van der Waals surface area (Å²) in [7, 11) is 0. The first kappa shape index (κ1) is 20.1. The van der Waals surface area contributed by atoms with Crippen molar-refractivity contribution >= 4 is 11.8 Å². The van der Waals surface area contributed by atoms with Crippen LogP contribution in [0.5, 0.6) is 5.75 Å². The highest BCUT2D eigenvalue weighted by molar-refractivity contribution is 5.94. The molecule has 1 aromatic carbocycles. The first-order valence-corrected chi connectivity index (χ1v) is 8.49. The zero-order chi connectivity index (χ0) is 21.1. The normalized spacial score (nSPS) is 15.5. The van der Waals surface area contributed by atoms with Crippen LogP contribution in [-0.2, 0) is 9.53 Å². The fraction of sp³-hybridized carbons (Fsp3) is 0.211. The second-order valence-electron chi connectivity index (χ2n) is 6.13. The maximum Gasteiger partial charge on any atom is 0.387 e. The predicted octanol–water partition coefficient (Wildman–Crippen LogP) is 2.23. The lowest BCUT2D eigenvalue weighted by atomic mass is 9.82. The number of halogens is 2. The Hall–Kier alpha value is -3.69. The van der Waals surface area contributed by atoms with Crippen molar-refractivity contribution in [1.82, 2.24) is 9.97 Å². The number of rotatable bonds is 6. The topological polar surface area (TPSA) is 113 Å². The minimum atomic E-state index is -2.99. The number of hydrogen-bond acceptors (Lipinski definition) is 6. The van der Waals surface area contributed by atoms with Crippen molar-refractivity contribution in [3.05, 3.63) is 80.2 Å². The molecule has 0 radical (unpaired) electrons. The Kier molecular flexibility index (Phi) is 5.62. The van der Waals surface area contributed by atoms with E-state index >= 15 is 0 Å². The number of ether oxygens (including phenoxy) is 2. The number of carbonyl (C=O) groups excluding carboxylic acids is 1. The highest BCUT2D eigenvalue weighted by Gasteiger charge is 2.36. The number of aromatic amines is 2. The van der Waals surface area contributed by atoms with Gasteiger partial charge in [-0.3, -0.25) is 14.8 Å². The number of alkyl halides is 2. The van der Waals surface area contributed by atoms with Crippen LogP contribution in [0.3, 0.4) is 0 Å². The van der Waals surface area contributed by atoms with Crippen molar-refractivity contribution in [1.29, 1.82) is 0 Å². The number of hydrogen-bond donors (Lipinski definition) is 3. The van der Waals surface area contributed by atoms with E-state index in [0.717, 1.165) is 0 Å². The zero-order valence-corrected chi connectivity index (χ0v) is 15.3. The van der Waals surface area contributed by atoms with Crippen LogP contribution in [-0.4, -0.2) is 29.2 Å². The lowest BCUT2D eigenvalue weighted by molar-refractivity contribution is -0.138. The van der Waals surface area contributed by atoms with E-state index in [0.29, 0.717) is 11.3 Å². The molecule has 2 heterocycles. The standard InChI is InChI=1S/C19H17F2N3O5/c1-3-8-28-17(26)12-9(2)22-15-14(16(25)24-19(27)23-15)13(12)10-4-6-11(7-5-10)29-18(20)21/h3-7,13,18H,1,8H2,2H3,(H3,22,23,24,25,27)/t13-/m1/s1. The number of esters is 1. The van der Waals surface area contributed by atoms with Crippen LogP contribution in [0.2, 0.25) is 0 Å². The van der Waals surface area contributed by atoms with Crippen molar-refractivity contribution in [3.8, 4) is 5.75 Å². The summed E-state index contributed by atoms with van der Waals surface area (Å²) in [5.74, 6) is -1.55. The van der Waals surface area contributed by atoms with E-state index in [1.807, 2.05) is 0 Å². The third-order valence-electron chi connectivity index (χ3n) is 4.26. The molecule has 29 heavy (non-hydrogen) atoms. The molecular weight excluding hydrogens is 388 g/mol. The Labute approximate surface area is 162 Å². The Morgan fingerprint density at radius 1 is 1.24 bits per heavy atom. The van der Waals surface area contributed by atoms with Crippen LogP contribution in [0.25, 0.3) is 0 Å². The molecule has 152 valence electrons. The smallest absolute Gasteiger partial charge is 0.387 e. The summed E-state index contributed by atoms with van der Waals surface area (Å²) in [5.41, 5.74) is -0.382. The van der Waals surface area contributed by atoms with Gasteiger partial charge in [0.25, 0.3) is 5.56 Å². The molecule has 0 saturated heterocycles. The molecule has 1 atom stereocenters. The first-order valence-electron chi connectivity index (χ1n) is 8.49. The van der Waals surface area contributed by atoms with Gasteiger partial charge >= 0.3 is 18.3 Å². The number of nitrogens with one attached hydrogen (secondary N) is 3. The molecule has 1 aliphatic heterocycles. The lowest BCUT2D eigenvalue weighted by Crippen LogP contribution is -2.35. The number of aromatic nitrogens is 2. The van der Waals surface area contributed by atoms with Crippen LogP contribution in [0.4, 0.5) is 14.6 Å². The highest BCUT2D eigenvalue weighted by Crippen LogP contribution is 2.39. The molecule has 2 aromatic rings. The summed E-state index contributed by atoms with van der Waals surface area (Å²) in [6.07, 6.45) is 1.40. The number of carbonyl (C=O) groups is 1. The average Bonchev–Trinajstić information content (AvgIpc) is 2.65. The van der Waals surface area contributed by atoms with Crippen LogP contribution in [0.15, 0.2) is 57.8 Å². The first-order chi connectivity index (χ1) is 13.8. The maximum atomic E-state index is 12.7. The van der Waals surface area contributed by atoms with E-state index in [2.05, 4.69) is 26.6 Å². The Balaban J connectivity index is 2.15. The van der Waals surface area contributed by atoms with Crippen LogP contribution in [0, 0.1) is 0 Å². The van der Waals surface area contributed by atoms with Gasteiger partial charge in [-0.1, -0.05) is 24.8 Å². The second-order valence-corrected chi connectivity index (χ2v) is 6.13. The van der Waals surface area contributed by atoms with Crippen LogP contribution >= 0.6 is 0 Å². The molecule has 10 heteroatoms. The summed E-state index contributed by atoms with van der Waals surface area (Å²) in [5, 5.41) is 2.84. The molecule has 1 aromatic heterocycles. The second kappa shape index (κ2) is 8.13. The van der Waals surface area contributed by atoms with Gasteiger partial charge in [0.1, 0.15) is 18.2 Å². The van der Waals surface area contributed by atoms with Gasteiger partial charge in [0.2, 0.25) is 0 Å². The molecule has 0 saturated carbocycles. The molecule has 0 fully saturated rings. The largest absolute Gasteiger partial charge is 0.458 e. The van der Waals surface area contributed by atoms with Gasteiger partial charge in [0.15, 0.2) is 0 Å². The molecule has 0 bridgehead atoms. The molecule has 8 nitrogen and oxygen atoms in total. The molecule has 0 amide bonds. The van der Waals surface area contributed by atoms with Crippen molar-refractivity contribution in [2.75, 3.05) is 11.9 Å². The third-order valence-corrected chi connectivity index (χ3v) is 4.26. The van der Waals surface area contributed by atoms with E-state index in [-0.39, 0.29) is 29.3 Å². The number of benzene rings is 1. The Bertz CT molecular complexity index is 1090. The van der Waals surface area contributed by atoms with E-state index in [1.54, 1.807) is 6.92 Å². The molecule has 0 unspecified atom stereocenters. The van der Waals surface area contributed by atoms with Gasteiger partial charge in [-0.25, -0.2) is 9.59 Å². The molecular formula is C19H17F2N3O5. The number of fused-ring (bicyclic) bond motifs is 1. The summed E-state index contributed by atoms with van der Waals surface area (Å²) in [6.45, 7) is 2.05. The Morgan fingerprint density at radius 3 is 2.55 bits per heavy atom. The van der Waals surface area contributed by atoms with Gasteiger partial charge in [-0.15, -0.1) is 0 Å². The molecule has 3 N–H and O–H groups in total. The zero-order valence-electron chi connectivity index (χ0n) is 15.3. The molecule has 0 aliphatic carbocycles. The van der Waals surface area contributed by atoms with Crippen LogP contribution in [0.1, 0.15) is 24.0 Å². The predicted molar refractivity (Wildman–Crippen MR) is 100 cm³/mol. The lowest BCUT2D eigenvalue weighted by Gasteiger charge is -2.28. The van der Waals surface area contributed by atoms with Crippen molar-refractivity contribution in [3.63, 3.8) is 0 Å². The van der Waals surface area contributed by atoms with Gasteiger partial charge < -0.3 is 14.8 Å². The van der Waals surface area contributed by atoms with Crippen LogP contribution < -0.4 is 21.3 Å². The minimum Gasteiger partial charge on any atom is -0.458 e. The van der Waals surface area contributed by atoms with Gasteiger partial charge in [-0.05, 0) is 24.6 Å². The van der Waals surface area contributed by atoms with Gasteiger partial charge in [0, 0.05) is 5.70 Å². The fourth-order valence-corrected chi connectivity index (χ4v) is 3.14. The van der Waals surface area contributed by atoms with Crippen molar-refractivity contribution in [2.24, 2.45) is 0 Å². The SMILES string of the molecule is C=CCOC(=O)C1=C(C)Nc2[nH]c(=O)[nH]c(=O)c2[C@@H]1c1ccc(OC(F)F)cc1. The van der Waals surface area contributed by atoms with E-state index in [9.17, 15) is 23.2 Å². The van der Waals surface area contributed by atoms with Crippen molar-refractivity contribution in [2.45, 2.75) is 19.5 Å². The summed E-state index contributed by atoms with van der Waals surface area (Å²) in [4.78, 5) is 41.5. The van der Waals surface area contributed by atoms with E-state index in [4.69, 9.17) is 4.74 Å².